The summed E-state index contributed by atoms with van der Waals surface area (Å²) in [5.41, 5.74) is -0.503. The Bertz CT molecular complexity index is 709. The molecule has 0 bridgehead atoms. The zero-order valence-corrected chi connectivity index (χ0v) is 19.0. The zero-order valence-electron chi connectivity index (χ0n) is 19.0. The largest absolute Gasteiger partial charge is 0.444 e. The first kappa shape index (κ1) is 24.0. The van der Waals surface area contributed by atoms with Crippen molar-refractivity contribution in [3.05, 3.63) is 35.9 Å². The van der Waals surface area contributed by atoms with Crippen molar-refractivity contribution in [1.82, 2.24) is 10.6 Å². The van der Waals surface area contributed by atoms with Crippen LogP contribution in [0.5, 0.6) is 0 Å². The number of carbonyl (C=O) groups excluding carboxylic acids is 2. The molecule has 2 amide bonds. The molecule has 0 saturated heterocycles. The number of benzene rings is 1. The Kier molecular flexibility index (Phi) is 7.75. The molecule has 2 atom stereocenters. The van der Waals surface area contributed by atoms with Gasteiger partial charge in [-0.15, -0.1) is 0 Å². The van der Waals surface area contributed by atoms with Crippen molar-refractivity contribution < 1.29 is 23.8 Å². The maximum absolute atomic E-state index is 12.4. The Balaban J connectivity index is 1.87. The third kappa shape index (κ3) is 8.61. The van der Waals surface area contributed by atoms with Gasteiger partial charge in [0.05, 0.1) is 18.8 Å². The molecule has 0 spiro atoms. The Morgan fingerprint density at radius 2 is 1.60 bits per heavy atom. The summed E-state index contributed by atoms with van der Waals surface area (Å²) in [5.74, 6) is 0.190. The molecule has 1 aromatic carbocycles. The summed E-state index contributed by atoms with van der Waals surface area (Å²) in [4.78, 5) is 24.2. The van der Waals surface area contributed by atoms with Gasteiger partial charge in [0, 0.05) is 6.54 Å². The van der Waals surface area contributed by atoms with Gasteiger partial charge < -0.3 is 24.8 Å². The molecule has 30 heavy (non-hydrogen) atoms. The lowest BCUT2D eigenvalue weighted by Gasteiger charge is -2.24. The van der Waals surface area contributed by atoms with E-state index in [0.29, 0.717) is 26.2 Å². The number of hydrogen-bond donors (Lipinski definition) is 2. The molecule has 168 valence electrons. The molecule has 1 fully saturated rings. The normalized spacial score (nSPS) is 20.9. The number of hydrogen-bond acceptors (Lipinski definition) is 5. The lowest BCUT2D eigenvalue weighted by atomic mass is 10.1. The average molecular weight is 421 g/mol. The van der Waals surface area contributed by atoms with E-state index in [2.05, 4.69) is 10.6 Å². The van der Waals surface area contributed by atoms with Gasteiger partial charge in [-0.2, -0.15) is 0 Å². The fraction of sp³-hybridized carbons (Fsp3) is 0.652. The molecule has 7 nitrogen and oxygen atoms in total. The maximum Gasteiger partial charge on any atom is 0.408 e. The lowest BCUT2D eigenvalue weighted by Crippen LogP contribution is -2.45. The van der Waals surface area contributed by atoms with Crippen molar-refractivity contribution in [3.63, 3.8) is 0 Å². The van der Waals surface area contributed by atoms with Gasteiger partial charge in [-0.3, -0.25) is 0 Å². The summed E-state index contributed by atoms with van der Waals surface area (Å²) in [6.07, 6.45) is 0.600. The number of carbonyl (C=O) groups is 2. The van der Waals surface area contributed by atoms with Crippen LogP contribution in [0.3, 0.4) is 0 Å². The van der Waals surface area contributed by atoms with Crippen LogP contribution in [-0.2, 0) is 20.8 Å². The minimum Gasteiger partial charge on any atom is -0.444 e. The summed E-state index contributed by atoms with van der Waals surface area (Å²) in [5, 5.41) is 5.78. The molecular formula is C23H36N2O5. The van der Waals surface area contributed by atoms with Crippen LogP contribution in [0.1, 0.15) is 59.9 Å². The fourth-order valence-corrected chi connectivity index (χ4v) is 3.22. The van der Waals surface area contributed by atoms with Crippen LogP contribution in [0.2, 0.25) is 0 Å². The third-order valence-electron chi connectivity index (χ3n) is 4.61. The van der Waals surface area contributed by atoms with Crippen LogP contribution in [0.4, 0.5) is 9.59 Å². The second kappa shape index (κ2) is 9.69. The standard InChI is InChI=1S/C23H36N2O5/c1-21(2,3)29-19(26)24-13-12-18-14-23(18,25-20(27)30-22(4,5)6)16-28-15-17-10-8-7-9-11-17/h7-11,18H,12-16H2,1-6H3,(H,24,26)(H,25,27). The van der Waals surface area contributed by atoms with E-state index in [0.717, 1.165) is 12.0 Å². The van der Waals surface area contributed by atoms with E-state index < -0.39 is 28.9 Å². The van der Waals surface area contributed by atoms with E-state index in [1.807, 2.05) is 71.9 Å². The van der Waals surface area contributed by atoms with Gasteiger partial charge in [-0.25, -0.2) is 9.59 Å². The van der Waals surface area contributed by atoms with E-state index >= 15 is 0 Å². The molecule has 1 aliphatic carbocycles. The number of amides is 2. The number of alkyl carbamates (subject to hydrolysis) is 2. The second-order valence-electron chi connectivity index (χ2n) is 9.88. The first-order valence-corrected chi connectivity index (χ1v) is 10.5. The topological polar surface area (TPSA) is 85.9 Å². The maximum atomic E-state index is 12.4. The third-order valence-corrected chi connectivity index (χ3v) is 4.61. The number of ether oxygens (including phenoxy) is 3. The molecule has 2 unspecified atom stereocenters. The number of rotatable bonds is 8. The van der Waals surface area contributed by atoms with Crippen LogP contribution in [-0.4, -0.2) is 42.1 Å². The van der Waals surface area contributed by atoms with Gasteiger partial charge in [0.15, 0.2) is 0 Å². The molecule has 0 heterocycles. The van der Waals surface area contributed by atoms with Crippen molar-refractivity contribution in [2.75, 3.05) is 13.2 Å². The summed E-state index contributed by atoms with van der Waals surface area (Å²) in [6.45, 7) is 12.3. The summed E-state index contributed by atoms with van der Waals surface area (Å²) in [7, 11) is 0. The molecule has 2 rings (SSSR count). The van der Waals surface area contributed by atoms with Gasteiger partial charge in [0.1, 0.15) is 11.2 Å². The minimum atomic E-state index is -0.571. The summed E-state index contributed by atoms with van der Waals surface area (Å²) >= 11 is 0. The van der Waals surface area contributed by atoms with E-state index in [1.54, 1.807) is 0 Å². The highest BCUT2D eigenvalue weighted by Gasteiger charge is 2.55. The van der Waals surface area contributed by atoms with Gasteiger partial charge in [0.2, 0.25) is 0 Å². The molecule has 1 aliphatic rings. The Hall–Kier alpha value is -2.28. The summed E-state index contributed by atoms with van der Waals surface area (Å²) < 4.78 is 16.6. The first-order valence-electron chi connectivity index (χ1n) is 10.5. The highest BCUT2D eigenvalue weighted by atomic mass is 16.6. The van der Waals surface area contributed by atoms with Crippen LogP contribution < -0.4 is 10.6 Å². The van der Waals surface area contributed by atoms with Crippen LogP contribution >= 0.6 is 0 Å². The smallest absolute Gasteiger partial charge is 0.408 e. The van der Waals surface area contributed by atoms with Crippen molar-refractivity contribution in [2.45, 2.75) is 77.7 Å². The highest BCUT2D eigenvalue weighted by molar-refractivity contribution is 5.70. The van der Waals surface area contributed by atoms with Crippen LogP contribution in [0, 0.1) is 5.92 Å². The van der Waals surface area contributed by atoms with Gasteiger partial charge in [0.25, 0.3) is 0 Å². The molecular weight excluding hydrogens is 384 g/mol. The monoisotopic (exact) mass is 420 g/mol. The van der Waals surface area contributed by atoms with E-state index in [4.69, 9.17) is 14.2 Å². The van der Waals surface area contributed by atoms with Gasteiger partial charge in [-0.05, 0) is 65.9 Å². The lowest BCUT2D eigenvalue weighted by molar-refractivity contribution is 0.0381. The fourth-order valence-electron chi connectivity index (χ4n) is 3.22. The predicted octanol–water partition coefficient (Wildman–Crippen LogP) is 4.40. The molecule has 0 radical (unpaired) electrons. The molecule has 0 aliphatic heterocycles. The van der Waals surface area contributed by atoms with Crippen molar-refractivity contribution in [3.8, 4) is 0 Å². The molecule has 2 N–H and O–H groups in total. The molecule has 0 aromatic heterocycles. The van der Waals surface area contributed by atoms with E-state index in [-0.39, 0.29) is 5.92 Å². The summed E-state index contributed by atoms with van der Waals surface area (Å²) in [6, 6.07) is 9.90. The van der Waals surface area contributed by atoms with E-state index in [9.17, 15) is 9.59 Å². The molecule has 7 heteroatoms. The van der Waals surface area contributed by atoms with Crippen molar-refractivity contribution in [2.24, 2.45) is 5.92 Å². The van der Waals surface area contributed by atoms with E-state index in [1.165, 1.54) is 0 Å². The quantitative estimate of drug-likeness (QED) is 0.651. The number of nitrogens with one attached hydrogen (secondary N) is 2. The average Bonchev–Trinajstić information content (AvgIpc) is 3.24. The highest BCUT2D eigenvalue weighted by Crippen LogP contribution is 2.46. The second-order valence-corrected chi connectivity index (χ2v) is 9.88. The first-order chi connectivity index (χ1) is 13.9. The SMILES string of the molecule is CC(C)(C)OC(=O)NCCC1CC1(COCc1ccccc1)NC(=O)OC(C)(C)C. The Morgan fingerprint density at radius 3 is 2.20 bits per heavy atom. The van der Waals surface area contributed by atoms with Crippen molar-refractivity contribution >= 4 is 12.2 Å². The van der Waals surface area contributed by atoms with Crippen molar-refractivity contribution in [1.29, 1.82) is 0 Å². The van der Waals surface area contributed by atoms with Gasteiger partial charge >= 0.3 is 12.2 Å². The Morgan fingerprint density at radius 1 is 1.00 bits per heavy atom. The van der Waals surface area contributed by atoms with Crippen LogP contribution in [0.15, 0.2) is 30.3 Å². The van der Waals surface area contributed by atoms with Crippen LogP contribution in [0.25, 0.3) is 0 Å². The predicted molar refractivity (Wildman–Crippen MR) is 115 cm³/mol. The Labute approximate surface area is 179 Å². The zero-order chi connectivity index (χ0) is 22.4. The van der Waals surface area contributed by atoms with Gasteiger partial charge in [-0.1, -0.05) is 30.3 Å². The minimum absolute atomic E-state index is 0.190. The molecule has 1 aromatic rings. The molecule has 1 saturated carbocycles.